The van der Waals surface area contributed by atoms with Crippen molar-refractivity contribution in [2.45, 2.75) is 39.3 Å². The molecule has 0 radical (unpaired) electrons. The molecule has 5 nitrogen and oxygen atoms in total. The number of hydrogen-bond donors (Lipinski definition) is 1. The molecule has 2 unspecified atom stereocenters. The summed E-state index contributed by atoms with van der Waals surface area (Å²) in [5.41, 5.74) is 1.01. The summed E-state index contributed by atoms with van der Waals surface area (Å²) in [7, 11) is -2.76. The van der Waals surface area contributed by atoms with E-state index in [1.165, 1.54) is 0 Å². The van der Waals surface area contributed by atoms with Crippen LogP contribution in [0.4, 0.5) is 0 Å². The number of rotatable bonds is 6. The van der Waals surface area contributed by atoms with E-state index in [0.29, 0.717) is 24.1 Å². The third-order valence-corrected chi connectivity index (χ3v) is 5.61. The van der Waals surface area contributed by atoms with Gasteiger partial charge in [0.05, 0.1) is 17.2 Å². The Morgan fingerprint density at radius 1 is 1.58 bits per heavy atom. The van der Waals surface area contributed by atoms with Gasteiger partial charge in [0, 0.05) is 18.8 Å². The van der Waals surface area contributed by atoms with E-state index in [9.17, 15) is 8.42 Å². The molecule has 1 aliphatic heterocycles. The fourth-order valence-electron chi connectivity index (χ4n) is 2.34. The van der Waals surface area contributed by atoms with Crippen LogP contribution in [0.15, 0.2) is 12.3 Å². The highest BCUT2D eigenvalue weighted by Gasteiger charge is 2.27. The smallest absolute Gasteiger partial charge is 0.150 e. The van der Waals surface area contributed by atoms with Crippen molar-refractivity contribution in [1.82, 2.24) is 15.1 Å². The van der Waals surface area contributed by atoms with Crippen LogP contribution in [0.2, 0.25) is 0 Å². The molecule has 2 heterocycles. The molecule has 1 N–H and O–H groups in total. The van der Waals surface area contributed by atoms with Gasteiger partial charge in [0.15, 0.2) is 9.84 Å². The van der Waals surface area contributed by atoms with Gasteiger partial charge in [-0.2, -0.15) is 5.10 Å². The number of aromatic nitrogens is 2. The minimum atomic E-state index is -2.76. The fourth-order valence-corrected chi connectivity index (χ4v) is 4.20. The van der Waals surface area contributed by atoms with Crippen LogP contribution in [0, 0.1) is 5.92 Å². The van der Waals surface area contributed by atoms with Gasteiger partial charge >= 0.3 is 0 Å². The molecular formula is C13H23N3O2S. The molecule has 0 aromatic carbocycles. The molecule has 1 saturated heterocycles. The number of sulfone groups is 1. The first-order valence-corrected chi connectivity index (χ1v) is 8.77. The summed E-state index contributed by atoms with van der Waals surface area (Å²) >= 11 is 0. The van der Waals surface area contributed by atoms with E-state index >= 15 is 0 Å². The highest BCUT2D eigenvalue weighted by Crippen LogP contribution is 2.17. The largest absolute Gasteiger partial charge is 0.311 e. The van der Waals surface area contributed by atoms with Crippen LogP contribution in [0.25, 0.3) is 0 Å². The Hall–Kier alpha value is -0.880. The summed E-state index contributed by atoms with van der Waals surface area (Å²) < 4.78 is 24.7. The molecule has 1 aliphatic rings. The Kier molecular flexibility index (Phi) is 4.62. The Balaban J connectivity index is 1.76. The quantitative estimate of drug-likeness (QED) is 0.857. The zero-order valence-electron chi connectivity index (χ0n) is 11.7. The van der Waals surface area contributed by atoms with Gasteiger partial charge in [0.1, 0.15) is 0 Å². The molecule has 0 spiro atoms. The van der Waals surface area contributed by atoms with E-state index in [1.807, 2.05) is 16.9 Å². The zero-order valence-corrected chi connectivity index (χ0v) is 12.5. The lowest BCUT2D eigenvalue weighted by Gasteiger charge is -2.09. The van der Waals surface area contributed by atoms with E-state index in [1.54, 1.807) is 0 Å². The monoisotopic (exact) mass is 285 g/mol. The van der Waals surface area contributed by atoms with Gasteiger partial charge in [0.25, 0.3) is 0 Å². The van der Waals surface area contributed by atoms with E-state index in [0.717, 1.165) is 25.1 Å². The lowest BCUT2D eigenvalue weighted by Crippen LogP contribution is -2.23. The Morgan fingerprint density at radius 2 is 2.37 bits per heavy atom. The molecular weight excluding hydrogens is 262 g/mol. The lowest BCUT2D eigenvalue weighted by molar-refractivity contribution is 0.467. The summed E-state index contributed by atoms with van der Waals surface area (Å²) in [6, 6.07) is 2.44. The van der Waals surface area contributed by atoms with Crippen LogP contribution in [-0.2, 0) is 16.4 Å². The van der Waals surface area contributed by atoms with Crippen molar-refractivity contribution in [2.75, 3.05) is 18.1 Å². The van der Waals surface area contributed by atoms with Crippen LogP contribution >= 0.6 is 0 Å². The standard InChI is InChI=1S/C13H23N3O2S/c1-3-11(2)16-6-4-13(15-16)9-14-8-12-5-7-19(17,18)10-12/h4,6,11-12,14H,3,5,7-10H2,1-2H3. The number of nitrogens with one attached hydrogen (secondary N) is 1. The van der Waals surface area contributed by atoms with Crippen LogP contribution < -0.4 is 5.32 Å². The van der Waals surface area contributed by atoms with E-state index in [2.05, 4.69) is 24.3 Å². The first kappa shape index (κ1) is 14.5. The predicted molar refractivity (Wildman–Crippen MR) is 75.7 cm³/mol. The van der Waals surface area contributed by atoms with Crippen molar-refractivity contribution in [3.05, 3.63) is 18.0 Å². The van der Waals surface area contributed by atoms with Crippen molar-refractivity contribution in [1.29, 1.82) is 0 Å². The Bertz CT molecular complexity index is 510. The van der Waals surface area contributed by atoms with Crippen LogP contribution in [-0.4, -0.2) is 36.2 Å². The van der Waals surface area contributed by atoms with Gasteiger partial charge in [-0.05, 0) is 38.3 Å². The molecule has 6 heteroatoms. The van der Waals surface area contributed by atoms with Gasteiger partial charge in [-0.25, -0.2) is 8.42 Å². The summed E-state index contributed by atoms with van der Waals surface area (Å²) in [4.78, 5) is 0. The molecule has 108 valence electrons. The third-order valence-electron chi connectivity index (χ3n) is 3.77. The highest BCUT2D eigenvalue weighted by molar-refractivity contribution is 7.91. The summed E-state index contributed by atoms with van der Waals surface area (Å²) in [5.74, 6) is 0.949. The maximum absolute atomic E-state index is 11.3. The molecule has 2 rings (SSSR count). The average molecular weight is 285 g/mol. The molecule has 0 bridgehead atoms. The summed E-state index contributed by atoms with van der Waals surface area (Å²) in [5, 5.41) is 7.82. The maximum Gasteiger partial charge on any atom is 0.150 e. The fraction of sp³-hybridized carbons (Fsp3) is 0.769. The van der Waals surface area contributed by atoms with Gasteiger partial charge in [-0.1, -0.05) is 6.92 Å². The molecule has 0 amide bonds. The Labute approximate surface area is 115 Å². The van der Waals surface area contributed by atoms with E-state index in [-0.39, 0.29) is 5.92 Å². The highest BCUT2D eigenvalue weighted by atomic mass is 32.2. The summed E-state index contributed by atoms with van der Waals surface area (Å²) in [6.07, 6.45) is 3.86. The molecule has 0 aliphatic carbocycles. The number of nitrogens with zero attached hydrogens (tertiary/aromatic N) is 2. The normalized spacial score (nSPS) is 23.6. The maximum atomic E-state index is 11.3. The zero-order chi connectivity index (χ0) is 13.9. The SMILES string of the molecule is CCC(C)n1ccc(CNCC2CCS(=O)(=O)C2)n1. The predicted octanol–water partition coefficient (Wildman–Crippen LogP) is 1.38. The molecule has 1 aromatic heterocycles. The third kappa shape index (κ3) is 4.04. The van der Waals surface area contributed by atoms with Crippen LogP contribution in [0.1, 0.15) is 38.4 Å². The molecule has 0 saturated carbocycles. The number of hydrogen-bond acceptors (Lipinski definition) is 4. The molecule has 2 atom stereocenters. The minimum Gasteiger partial charge on any atom is -0.311 e. The molecule has 1 aromatic rings. The van der Waals surface area contributed by atoms with E-state index < -0.39 is 9.84 Å². The Morgan fingerprint density at radius 3 is 3.00 bits per heavy atom. The van der Waals surface area contributed by atoms with Crippen molar-refractivity contribution >= 4 is 9.84 Å². The van der Waals surface area contributed by atoms with Crippen LogP contribution in [0.5, 0.6) is 0 Å². The molecule has 1 fully saturated rings. The first-order valence-electron chi connectivity index (χ1n) is 6.95. The first-order chi connectivity index (χ1) is 9.00. The van der Waals surface area contributed by atoms with Gasteiger partial charge < -0.3 is 5.32 Å². The second-order valence-electron chi connectivity index (χ2n) is 5.44. The second-order valence-corrected chi connectivity index (χ2v) is 7.67. The molecule has 19 heavy (non-hydrogen) atoms. The van der Waals surface area contributed by atoms with Crippen molar-refractivity contribution in [3.8, 4) is 0 Å². The van der Waals surface area contributed by atoms with E-state index in [4.69, 9.17) is 0 Å². The lowest BCUT2D eigenvalue weighted by atomic mass is 10.1. The van der Waals surface area contributed by atoms with Crippen LogP contribution in [0.3, 0.4) is 0 Å². The summed E-state index contributed by atoms with van der Waals surface area (Å²) in [6.45, 7) is 5.76. The average Bonchev–Trinajstić information content (AvgIpc) is 2.95. The second kappa shape index (κ2) is 6.05. The minimum absolute atomic E-state index is 0.265. The van der Waals surface area contributed by atoms with Gasteiger partial charge in [-0.3, -0.25) is 4.68 Å². The van der Waals surface area contributed by atoms with Gasteiger partial charge in [-0.15, -0.1) is 0 Å². The topological polar surface area (TPSA) is 64.0 Å². The van der Waals surface area contributed by atoms with Crippen molar-refractivity contribution in [3.63, 3.8) is 0 Å². The van der Waals surface area contributed by atoms with Crippen molar-refractivity contribution < 1.29 is 8.42 Å². The van der Waals surface area contributed by atoms with Crippen molar-refractivity contribution in [2.24, 2.45) is 5.92 Å². The van der Waals surface area contributed by atoms with Gasteiger partial charge in [0.2, 0.25) is 0 Å².